The van der Waals surface area contributed by atoms with Gasteiger partial charge in [-0.05, 0) is 31.5 Å². The first-order valence-corrected chi connectivity index (χ1v) is 6.54. The van der Waals surface area contributed by atoms with Gasteiger partial charge in [-0.2, -0.15) is 0 Å². The fourth-order valence-corrected chi connectivity index (χ4v) is 1.85. The second kappa shape index (κ2) is 6.73. The summed E-state index contributed by atoms with van der Waals surface area (Å²) < 4.78 is 4.88. The number of benzene rings is 1. The second-order valence-electron chi connectivity index (χ2n) is 4.60. The lowest BCUT2D eigenvalue weighted by Crippen LogP contribution is -2.26. The van der Waals surface area contributed by atoms with Crippen molar-refractivity contribution in [1.82, 2.24) is 10.5 Å². The predicted octanol–water partition coefficient (Wildman–Crippen LogP) is 1.82. The summed E-state index contributed by atoms with van der Waals surface area (Å²) >= 11 is 0. The summed E-state index contributed by atoms with van der Waals surface area (Å²) in [4.78, 5) is 12.0. The molecule has 0 aliphatic heterocycles. The van der Waals surface area contributed by atoms with Crippen molar-refractivity contribution < 1.29 is 14.4 Å². The Labute approximate surface area is 123 Å². The molecular formula is C16H16N2O3. The van der Waals surface area contributed by atoms with E-state index in [-0.39, 0.29) is 24.2 Å². The second-order valence-corrected chi connectivity index (χ2v) is 4.60. The number of nitrogens with one attached hydrogen (secondary N) is 1. The zero-order chi connectivity index (χ0) is 15.2. The number of aliphatic hydroxyl groups is 1. The molecular weight excluding hydrogens is 268 g/mol. The third-order valence-corrected chi connectivity index (χ3v) is 2.91. The number of aliphatic hydroxyl groups excluding tert-OH is 1. The van der Waals surface area contributed by atoms with Gasteiger partial charge in [0.1, 0.15) is 12.4 Å². The van der Waals surface area contributed by atoms with Crippen molar-refractivity contribution in [3.05, 3.63) is 52.9 Å². The first-order chi connectivity index (χ1) is 10.1. The Balaban J connectivity index is 2.09. The summed E-state index contributed by atoms with van der Waals surface area (Å²) in [6.07, 6.45) is 0. The van der Waals surface area contributed by atoms with Crippen molar-refractivity contribution in [2.45, 2.75) is 19.9 Å². The van der Waals surface area contributed by atoms with Gasteiger partial charge in [0, 0.05) is 11.6 Å². The van der Waals surface area contributed by atoms with Crippen LogP contribution in [0.5, 0.6) is 0 Å². The van der Waals surface area contributed by atoms with Gasteiger partial charge >= 0.3 is 0 Å². The minimum atomic E-state index is -0.286. The lowest BCUT2D eigenvalue weighted by molar-refractivity contribution is 0.0930. The average Bonchev–Trinajstić information content (AvgIpc) is 2.92. The van der Waals surface area contributed by atoms with Crippen LogP contribution in [0.1, 0.15) is 40.3 Å². The molecule has 2 aromatic rings. The Morgan fingerprint density at radius 1 is 1.48 bits per heavy atom. The van der Waals surface area contributed by atoms with Crippen molar-refractivity contribution in [3.8, 4) is 11.8 Å². The van der Waals surface area contributed by atoms with Crippen molar-refractivity contribution in [1.29, 1.82) is 0 Å². The predicted molar refractivity (Wildman–Crippen MR) is 77.5 cm³/mol. The van der Waals surface area contributed by atoms with E-state index in [1.807, 2.05) is 31.2 Å². The molecule has 1 amide bonds. The first kappa shape index (κ1) is 14.8. The van der Waals surface area contributed by atoms with Gasteiger partial charge in [-0.15, -0.1) is 0 Å². The van der Waals surface area contributed by atoms with Crippen LogP contribution < -0.4 is 5.32 Å². The monoisotopic (exact) mass is 284 g/mol. The molecule has 1 aromatic heterocycles. The van der Waals surface area contributed by atoms with Crippen molar-refractivity contribution in [2.75, 3.05) is 6.61 Å². The minimum absolute atomic E-state index is 0.179. The molecule has 0 fully saturated rings. The number of hydrogen-bond donors (Lipinski definition) is 2. The number of amides is 1. The maximum Gasteiger partial charge on any atom is 0.273 e. The number of hydrogen-bond acceptors (Lipinski definition) is 4. The highest BCUT2D eigenvalue weighted by molar-refractivity contribution is 5.92. The number of rotatable bonds is 3. The molecule has 2 rings (SSSR count). The van der Waals surface area contributed by atoms with E-state index >= 15 is 0 Å². The molecule has 21 heavy (non-hydrogen) atoms. The average molecular weight is 284 g/mol. The number of carbonyl (C=O) groups is 1. The minimum Gasteiger partial charge on any atom is -0.384 e. The number of aryl methyl sites for hydroxylation is 1. The Bertz CT molecular complexity index is 695. The van der Waals surface area contributed by atoms with Gasteiger partial charge in [0.25, 0.3) is 5.91 Å². The molecule has 5 nitrogen and oxygen atoms in total. The SMILES string of the molecule is Cc1cc(C(=O)NC(C)c2cccc(C#CCO)c2)no1. The van der Waals surface area contributed by atoms with Gasteiger partial charge in [-0.25, -0.2) is 0 Å². The van der Waals surface area contributed by atoms with Gasteiger partial charge in [-0.1, -0.05) is 29.1 Å². The van der Waals surface area contributed by atoms with Crippen LogP contribution >= 0.6 is 0 Å². The van der Waals surface area contributed by atoms with Crippen LogP contribution in [0.4, 0.5) is 0 Å². The summed E-state index contributed by atoms with van der Waals surface area (Å²) in [5, 5.41) is 15.2. The van der Waals surface area contributed by atoms with Crippen LogP contribution in [0.2, 0.25) is 0 Å². The molecule has 0 saturated heterocycles. The zero-order valence-electron chi connectivity index (χ0n) is 11.9. The first-order valence-electron chi connectivity index (χ1n) is 6.54. The van der Waals surface area contributed by atoms with Crippen LogP contribution in [0.3, 0.4) is 0 Å². The van der Waals surface area contributed by atoms with E-state index in [4.69, 9.17) is 9.63 Å². The summed E-state index contributed by atoms with van der Waals surface area (Å²) in [6, 6.07) is 8.89. The van der Waals surface area contributed by atoms with E-state index in [0.717, 1.165) is 11.1 Å². The topological polar surface area (TPSA) is 75.4 Å². The molecule has 1 unspecified atom stereocenters. The number of nitrogens with zero attached hydrogens (tertiary/aromatic N) is 1. The third-order valence-electron chi connectivity index (χ3n) is 2.91. The highest BCUT2D eigenvalue weighted by atomic mass is 16.5. The molecule has 108 valence electrons. The Kier molecular flexibility index (Phi) is 4.75. The zero-order valence-corrected chi connectivity index (χ0v) is 11.9. The molecule has 1 heterocycles. The highest BCUT2D eigenvalue weighted by Gasteiger charge is 2.14. The number of carbonyl (C=O) groups excluding carboxylic acids is 1. The van der Waals surface area contributed by atoms with Gasteiger partial charge in [0.05, 0.1) is 6.04 Å². The lowest BCUT2D eigenvalue weighted by Gasteiger charge is -2.13. The molecule has 0 spiro atoms. The van der Waals surface area contributed by atoms with E-state index < -0.39 is 0 Å². The van der Waals surface area contributed by atoms with Gasteiger partial charge in [0.15, 0.2) is 5.69 Å². The van der Waals surface area contributed by atoms with Crippen LogP contribution in [0.25, 0.3) is 0 Å². The summed E-state index contributed by atoms with van der Waals surface area (Å²) in [7, 11) is 0. The largest absolute Gasteiger partial charge is 0.384 e. The van der Waals surface area contributed by atoms with Crippen molar-refractivity contribution in [2.24, 2.45) is 0 Å². The summed E-state index contributed by atoms with van der Waals surface area (Å²) in [5.41, 5.74) is 1.98. The van der Waals surface area contributed by atoms with Crippen molar-refractivity contribution in [3.63, 3.8) is 0 Å². The highest BCUT2D eigenvalue weighted by Crippen LogP contribution is 2.14. The molecule has 0 bridgehead atoms. The van der Waals surface area contributed by atoms with Crippen LogP contribution in [0, 0.1) is 18.8 Å². The maximum absolute atomic E-state index is 12.0. The Hall–Kier alpha value is -2.58. The standard InChI is InChI=1S/C16H16N2O3/c1-11-9-15(18-21-11)16(20)17-12(2)14-7-3-5-13(10-14)6-4-8-19/h3,5,7,9-10,12,19H,8H2,1-2H3,(H,17,20). The molecule has 5 heteroatoms. The molecule has 1 atom stereocenters. The molecule has 0 saturated carbocycles. The molecule has 0 aliphatic carbocycles. The van der Waals surface area contributed by atoms with Crippen molar-refractivity contribution >= 4 is 5.91 Å². The van der Waals surface area contributed by atoms with Gasteiger partial charge < -0.3 is 14.9 Å². The van der Waals surface area contributed by atoms with Crippen LogP contribution in [0.15, 0.2) is 34.9 Å². The van der Waals surface area contributed by atoms with E-state index in [1.54, 1.807) is 13.0 Å². The van der Waals surface area contributed by atoms with E-state index in [0.29, 0.717) is 5.76 Å². The van der Waals surface area contributed by atoms with Crippen LogP contribution in [-0.4, -0.2) is 22.8 Å². The lowest BCUT2D eigenvalue weighted by atomic mass is 10.1. The fraction of sp³-hybridized carbons (Fsp3) is 0.250. The van der Waals surface area contributed by atoms with E-state index in [9.17, 15) is 4.79 Å². The molecule has 0 aliphatic rings. The van der Waals surface area contributed by atoms with Gasteiger partial charge in [0.2, 0.25) is 0 Å². The molecule has 0 radical (unpaired) electrons. The Morgan fingerprint density at radius 2 is 2.29 bits per heavy atom. The smallest absolute Gasteiger partial charge is 0.273 e. The fourth-order valence-electron chi connectivity index (χ4n) is 1.85. The third kappa shape index (κ3) is 3.94. The summed E-state index contributed by atoms with van der Waals surface area (Å²) in [6.45, 7) is 3.43. The van der Waals surface area contributed by atoms with E-state index in [1.165, 1.54) is 0 Å². The number of aromatic nitrogens is 1. The molecule has 2 N–H and O–H groups in total. The van der Waals surface area contributed by atoms with Gasteiger partial charge in [-0.3, -0.25) is 4.79 Å². The summed E-state index contributed by atoms with van der Waals surface area (Å²) in [5.74, 6) is 5.74. The normalized spacial score (nSPS) is 11.4. The van der Waals surface area contributed by atoms with E-state index in [2.05, 4.69) is 22.3 Å². The molecule has 1 aromatic carbocycles. The quantitative estimate of drug-likeness (QED) is 0.843. The maximum atomic E-state index is 12.0. The van der Waals surface area contributed by atoms with Crippen LogP contribution in [-0.2, 0) is 0 Å². The Morgan fingerprint density at radius 3 is 2.95 bits per heavy atom.